The first-order chi connectivity index (χ1) is 21.4. The molecule has 3 heterocycles. The van der Waals surface area contributed by atoms with Crippen LogP contribution in [0.2, 0.25) is 0 Å². The number of carbonyl (C=O) groups is 2. The van der Waals surface area contributed by atoms with Crippen LogP contribution in [0.3, 0.4) is 0 Å². The van der Waals surface area contributed by atoms with E-state index in [0.717, 1.165) is 0 Å². The van der Waals surface area contributed by atoms with Crippen LogP contribution in [0.1, 0.15) is 30.9 Å². The average Bonchev–Trinajstić information content (AvgIpc) is 3.61. The molecule has 0 saturated carbocycles. The van der Waals surface area contributed by atoms with Gasteiger partial charge in [0.25, 0.3) is 10.0 Å². The normalized spacial score (nSPS) is 18.6. The highest BCUT2D eigenvalue weighted by molar-refractivity contribution is 7.92. The quantitative estimate of drug-likeness (QED) is 0.331. The summed E-state index contributed by atoms with van der Waals surface area (Å²) in [5.74, 6) is 1.16. The second kappa shape index (κ2) is 12.9. The molecule has 45 heavy (non-hydrogen) atoms. The lowest BCUT2D eigenvalue weighted by atomic mass is 10.0. The van der Waals surface area contributed by atoms with Gasteiger partial charge >= 0.3 is 6.03 Å². The molecule has 0 spiro atoms. The number of hydrogen-bond donors (Lipinski definition) is 3. The number of amides is 3. The Kier molecular flexibility index (Phi) is 9.11. The maximum absolute atomic E-state index is 13.5. The maximum atomic E-state index is 13.5. The molecule has 0 aliphatic carbocycles. The summed E-state index contributed by atoms with van der Waals surface area (Å²) in [6.07, 6.45) is -0.666. The molecule has 3 amide bonds. The zero-order valence-electron chi connectivity index (χ0n) is 25.7. The molecule has 0 radical (unpaired) electrons. The molecule has 242 valence electrons. The summed E-state index contributed by atoms with van der Waals surface area (Å²) in [6.45, 7) is 7.01. The van der Waals surface area contributed by atoms with Crippen LogP contribution in [0.4, 0.5) is 16.2 Å². The average molecular weight is 644 g/mol. The number of aromatic nitrogens is 1. The number of hydrogen-bond acceptors (Lipinski definition) is 10. The molecule has 14 nitrogen and oxygen atoms in total. The van der Waals surface area contributed by atoms with E-state index in [9.17, 15) is 23.1 Å². The molecule has 3 aromatic rings. The number of carbonyl (C=O) groups excluding carboxylic acids is 2. The summed E-state index contributed by atoms with van der Waals surface area (Å²) in [5, 5.41) is 16.5. The van der Waals surface area contributed by atoms with Crippen molar-refractivity contribution < 1.29 is 41.8 Å². The van der Waals surface area contributed by atoms with Gasteiger partial charge in [0.15, 0.2) is 22.2 Å². The maximum Gasteiger partial charge on any atom is 0.321 e. The van der Waals surface area contributed by atoms with Crippen LogP contribution < -0.4 is 24.2 Å². The van der Waals surface area contributed by atoms with Crippen LogP contribution in [0.15, 0.2) is 45.8 Å². The molecule has 5 rings (SSSR count). The molecule has 2 aliphatic heterocycles. The van der Waals surface area contributed by atoms with Crippen molar-refractivity contribution in [1.82, 2.24) is 15.0 Å². The van der Waals surface area contributed by atoms with Crippen molar-refractivity contribution in [2.24, 2.45) is 5.92 Å². The monoisotopic (exact) mass is 643 g/mol. The highest BCUT2D eigenvalue weighted by atomic mass is 32.2. The number of aryl methyl sites for hydroxylation is 2. The summed E-state index contributed by atoms with van der Waals surface area (Å²) in [4.78, 5) is 29.7. The number of urea groups is 1. The molecule has 0 fully saturated rings. The van der Waals surface area contributed by atoms with Crippen molar-refractivity contribution in [3.05, 3.63) is 53.4 Å². The van der Waals surface area contributed by atoms with Crippen molar-refractivity contribution in [3.8, 4) is 17.2 Å². The molecule has 0 unspecified atom stereocenters. The van der Waals surface area contributed by atoms with E-state index in [4.69, 9.17) is 18.7 Å². The number of benzene rings is 2. The third-order valence-corrected chi connectivity index (χ3v) is 9.45. The zero-order valence-corrected chi connectivity index (χ0v) is 26.5. The van der Waals surface area contributed by atoms with Gasteiger partial charge in [-0.1, -0.05) is 12.1 Å². The Balaban J connectivity index is 1.40. The van der Waals surface area contributed by atoms with Crippen molar-refractivity contribution in [1.29, 1.82) is 0 Å². The number of aliphatic hydroxyl groups is 1. The summed E-state index contributed by atoms with van der Waals surface area (Å²) in [5.41, 5.74) is 1.42. The summed E-state index contributed by atoms with van der Waals surface area (Å²) in [7, 11) is -2.40. The van der Waals surface area contributed by atoms with Crippen LogP contribution in [-0.2, 0) is 21.2 Å². The van der Waals surface area contributed by atoms with E-state index in [2.05, 4.69) is 15.2 Å². The Hall–Kier alpha value is -4.50. The van der Waals surface area contributed by atoms with E-state index in [1.54, 1.807) is 55.3 Å². The van der Waals surface area contributed by atoms with E-state index in [-0.39, 0.29) is 72.8 Å². The molecule has 3 N–H and O–H groups in total. The Bertz CT molecular complexity index is 1670. The van der Waals surface area contributed by atoms with Crippen LogP contribution in [0.25, 0.3) is 0 Å². The highest BCUT2D eigenvalue weighted by Gasteiger charge is 2.32. The molecular formula is C30H37N5O9S. The fraction of sp³-hybridized carbons (Fsp3) is 0.433. The number of nitrogens with one attached hydrogen (secondary N) is 2. The fourth-order valence-corrected chi connectivity index (χ4v) is 6.70. The van der Waals surface area contributed by atoms with Gasteiger partial charge in [0.2, 0.25) is 12.7 Å². The van der Waals surface area contributed by atoms with Crippen molar-refractivity contribution >= 4 is 33.3 Å². The van der Waals surface area contributed by atoms with Gasteiger partial charge in [0.05, 0.1) is 25.6 Å². The van der Waals surface area contributed by atoms with Crippen molar-refractivity contribution in [2.75, 3.05) is 43.6 Å². The van der Waals surface area contributed by atoms with Gasteiger partial charge in [0, 0.05) is 42.5 Å². The molecular weight excluding hydrogens is 606 g/mol. The number of rotatable bonds is 8. The topological polar surface area (TPSA) is 173 Å². The number of sulfonamides is 1. The van der Waals surface area contributed by atoms with Crippen LogP contribution >= 0.6 is 0 Å². The number of ether oxygens (including phenoxy) is 3. The molecule has 2 aliphatic rings. The van der Waals surface area contributed by atoms with Crippen molar-refractivity contribution in [3.63, 3.8) is 0 Å². The minimum absolute atomic E-state index is 0.0581. The van der Waals surface area contributed by atoms with Gasteiger partial charge in [-0.25, -0.2) is 13.2 Å². The summed E-state index contributed by atoms with van der Waals surface area (Å²) in [6, 6.07) is 8.95. The van der Waals surface area contributed by atoms with Crippen molar-refractivity contribution in [2.45, 2.75) is 51.2 Å². The van der Waals surface area contributed by atoms with Gasteiger partial charge in [-0.3, -0.25) is 9.52 Å². The number of anilines is 2. The molecule has 1 aromatic heterocycles. The Labute approximate surface area is 261 Å². The molecule has 0 bridgehead atoms. The summed E-state index contributed by atoms with van der Waals surface area (Å²) >= 11 is 0. The predicted octanol–water partition coefficient (Wildman–Crippen LogP) is 3.13. The van der Waals surface area contributed by atoms with Gasteiger partial charge in [-0.15, -0.1) is 0 Å². The number of nitrogens with zero attached hydrogens (tertiary/aromatic N) is 3. The van der Waals surface area contributed by atoms with Gasteiger partial charge in [0.1, 0.15) is 17.5 Å². The summed E-state index contributed by atoms with van der Waals surface area (Å²) < 4.78 is 51.1. The second-order valence-corrected chi connectivity index (χ2v) is 13.0. The lowest BCUT2D eigenvalue weighted by molar-refractivity contribution is -0.134. The molecule has 2 aromatic carbocycles. The third-order valence-electron chi connectivity index (χ3n) is 7.83. The SMILES string of the molecule is Cc1noc(C)c1S(=O)(=O)Nc1ccc2c(c1)CC(=O)N([C@H](C)CO)C[C@@H](C)[C@H](CN(C)C(=O)Nc1ccc3c(c1)OCO3)O2. The minimum atomic E-state index is -4.04. The smallest absolute Gasteiger partial charge is 0.321 e. The Morgan fingerprint density at radius 1 is 1.13 bits per heavy atom. The fourth-order valence-electron chi connectivity index (χ4n) is 5.32. The van der Waals surface area contributed by atoms with Gasteiger partial charge in [-0.05, 0) is 51.1 Å². The van der Waals surface area contributed by atoms with Gasteiger partial charge < -0.3 is 39.0 Å². The lowest BCUT2D eigenvalue weighted by Gasteiger charge is -2.34. The standard InChI is InChI=1S/C30H37N5O9S/c1-17-13-35(18(2)15-36)28(37)11-21-10-23(33-45(39,40)29-19(3)32-44-20(29)4)7-8-24(21)43-27(17)14-34(5)30(38)31-22-6-9-25-26(12-22)42-16-41-25/h6-10,12,17-18,27,33,36H,11,13-16H2,1-5H3,(H,31,38)/t17-,18-,27+/m1/s1. The van der Waals surface area contributed by atoms with E-state index in [1.807, 2.05) is 6.92 Å². The van der Waals surface area contributed by atoms with Crippen LogP contribution in [-0.4, -0.2) is 86.1 Å². The van der Waals surface area contributed by atoms with E-state index in [1.165, 1.54) is 18.7 Å². The van der Waals surface area contributed by atoms with Crippen LogP contribution in [0, 0.1) is 19.8 Å². The highest BCUT2D eigenvalue weighted by Crippen LogP contribution is 2.35. The molecule has 3 atom stereocenters. The van der Waals surface area contributed by atoms with E-state index >= 15 is 0 Å². The first-order valence-electron chi connectivity index (χ1n) is 14.4. The Morgan fingerprint density at radius 2 is 1.84 bits per heavy atom. The van der Waals surface area contributed by atoms with Crippen LogP contribution in [0.5, 0.6) is 17.2 Å². The number of likely N-dealkylation sites (N-methyl/N-ethyl adjacent to an activating group) is 1. The first-order valence-corrected chi connectivity index (χ1v) is 15.9. The number of fused-ring (bicyclic) bond motifs is 2. The van der Waals surface area contributed by atoms with E-state index < -0.39 is 22.2 Å². The first kappa shape index (κ1) is 31.9. The Morgan fingerprint density at radius 3 is 2.56 bits per heavy atom. The largest absolute Gasteiger partial charge is 0.488 e. The molecule has 0 saturated heterocycles. The van der Waals surface area contributed by atoms with Gasteiger partial charge in [-0.2, -0.15) is 0 Å². The van der Waals surface area contributed by atoms with E-state index in [0.29, 0.717) is 28.5 Å². The predicted molar refractivity (Wildman–Crippen MR) is 163 cm³/mol. The number of aliphatic hydroxyl groups excluding tert-OH is 1. The zero-order chi connectivity index (χ0) is 32.5. The third kappa shape index (κ3) is 6.93. The minimum Gasteiger partial charge on any atom is -0.488 e. The second-order valence-electron chi connectivity index (χ2n) is 11.3. The lowest BCUT2D eigenvalue weighted by Crippen LogP contribution is -2.48. The molecule has 15 heteroatoms.